The third kappa shape index (κ3) is 5.23. The highest BCUT2D eigenvalue weighted by atomic mass is 32.1. The van der Waals surface area contributed by atoms with Crippen LogP contribution in [0, 0.1) is 0 Å². The molecule has 1 aliphatic rings. The van der Waals surface area contributed by atoms with Crippen LogP contribution >= 0.6 is 11.3 Å². The minimum Gasteiger partial charge on any atom is -0.348 e. The average Bonchev–Trinajstić information content (AvgIpc) is 3.51. The summed E-state index contributed by atoms with van der Waals surface area (Å²) in [6.45, 7) is 6.22. The number of thiophene rings is 1. The van der Waals surface area contributed by atoms with Crippen LogP contribution in [0.4, 0.5) is 0 Å². The van der Waals surface area contributed by atoms with Gasteiger partial charge >= 0.3 is 0 Å². The molecular formula is C23H27N5O3S. The van der Waals surface area contributed by atoms with Crippen molar-refractivity contribution in [2.45, 2.75) is 32.4 Å². The van der Waals surface area contributed by atoms with Gasteiger partial charge < -0.3 is 14.7 Å². The van der Waals surface area contributed by atoms with Crippen LogP contribution in [0.2, 0.25) is 0 Å². The lowest BCUT2D eigenvalue weighted by Gasteiger charge is -2.37. The van der Waals surface area contributed by atoms with E-state index in [0.29, 0.717) is 24.8 Å². The fourth-order valence-corrected chi connectivity index (χ4v) is 4.66. The minimum atomic E-state index is -0.285. The van der Waals surface area contributed by atoms with E-state index in [1.807, 2.05) is 59.7 Å². The molecule has 0 saturated carbocycles. The van der Waals surface area contributed by atoms with Crippen LogP contribution in [0.1, 0.15) is 43.1 Å². The number of carbonyl (C=O) groups is 2. The monoisotopic (exact) mass is 453 g/mol. The van der Waals surface area contributed by atoms with Gasteiger partial charge in [-0.3, -0.25) is 14.5 Å². The zero-order chi connectivity index (χ0) is 22.5. The lowest BCUT2D eigenvalue weighted by atomic mass is 10.1. The summed E-state index contributed by atoms with van der Waals surface area (Å²) in [5, 5.41) is 8.97. The smallest absolute Gasteiger partial charge is 0.244 e. The molecule has 1 aliphatic heterocycles. The fourth-order valence-electron chi connectivity index (χ4n) is 3.89. The molecule has 3 heterocycles. The number of benzene rings is 1. The molecule has 32 heavy (non-hydrogen) atoms. The summed E-state index contributed by atoms with van der Waals surface area (Å²) < 4.78 is 5.52. The van der Waals surface area contributed by atoms with Crippen molar-refractivity contribution >= 4 is 23.2 Å². The highest BCUT2D eigenvalue weighted by Crippen LogP contribution is 2.25. The fraction of sp³-hybridized carbons (Fsp3) is 0.391. The molecule has 2 atom stereocenters. The second-order valence-electron chi connectivity index (χ2n) is 7.89. The van der Waals surface area contributed by atoms with Crippen LogP contribution in [0.25, 0.3) is 11.4 Å². The summed E-state index contributed by atoms with van der Waals surface area (Å²) in [6, 6.07) is 13.3. The van der Waals surface area contributed by atoms with Gasteiger partial charge in [0.05, 0.1) is 18.5 Å². The van der Waals surface area contributed by atoms with Gasteiger partial charge in [-0.05, 0) is 18.4 Å². The number of nitrogens with zero attached hydrogens (tertiary/aromatic N) is 4. The van der Waals surface area contributed by atoms with Crippen molar-refractivity contribution in [2.75, 3.05) is 26.2 Å². The van der Waals surface area contributed by atoms with Gasteiger partial charge in [-0.15, -0.1) is 11.3 Å². The Kier molecular flexibility index (Phi) is 6.96. The van der Waals surface area contributed by atoms with E-state index in [9.17, 15) is 9.59 Å². The van der Waals surface area contributed by atoms with Crippen molar-refractivity contribution < 1.29 is 14.1 Å². The van der Waals surface area contributed by atoms with Crippen LogP contribution in [0.5, 0.6) is 0 Å². The molecule has 8 nitrogen and oxygen atoms in total. The molecular weight excluding hydrogens is 426 g/mol. The molecule has 0 radical (unpaired) electrons. The topological polar surface area (TPSA) is 91.6 Å². The van der Waals surface area contributed by atoms with E-state index in [0.717, 1.165) is 23.5 Å². The maximum atomic E-state index is 12.9. The predicted octanol–water partition coefficient (Wildman–Crippen LogP) is 3.27. The summed E-state index contributed by atoms with van der Waals surface area (Å²) in [5.74, 6) is 1.07. The molecule has 1 N–H and O–H groups in total. The first kappa shape index (κ1) is 22.2. The number of hydrogen-bond acceptors (Lipinski definition) is 7. The van der Waals surface area contributed by atoms with E-state index in [1.54, 1.807) is 11.3 Å². The average molecular weight is 454 g/mol. The van der Waals surface area contributed by atoms with Gasteiger partial charge in [0, 0.05) is 43.5 Å². The van der Waals surface area contributed by atoms with Crippen molar-refractivity contribution in [1.82, 2.24) is 25.3 Å². The Balaban J connectivity index is 1.33. The number of piperazine rings is 1. The van der Waals surface area contributed by atoms with Crippen molar-refractivity contribution in [1.29, 1.82) is 0 Å². The second kappa shape index (κ2) is 10.1. The van der Waals surface area contributed by atoms with E-state index in [-0.39, 0.29) is 30.3 Å². The Morgan fingerprint density at radius 2 is 1.88 bits per heavy atom. The van der Waals surface area contributed by atoms with Gasteiger partial charge in [0.2, 0.25) is 23.5 Å². The van der Waals surface area contributed by atoms with Crippen LogP contribution < -0.4 is 5.32 Å². The highest BCUT2D eigenvalue weighted by molar-refractivity contribution is 7.10. The summed E-state index contributed by atoms with van der Waals surface area (Å²) in [4.78, 5) is 34.2. The molecule has 0 bridgehead atoms. The van der Waals surface area contributed by atoms with E-state index < -0.39 is 0 Å². The molecule has 4 rings (SSSR count). The molecule has 168 valence electrons. The number of aromatic nitrogens is 2. The predicted molar refractivity (Wildman–Crippen MR) is 122 cm³/mol. The third-order valence-corrected chi connectivity index (χ3v) is 6.67. The van der Waals surface area contributed by atoms with Gasteiger partial charge in [0.25, 0.3) is 0 Å². The van der Waals surface area contributed by atoms with Crippen LogP contribution in [0.15, 0.2) is 52.4 Å². The van der Waals surface area contributed by atoms with E-state index in [1.165, 1.54) is 6.92 Å². The number of hydrogen-bond donors (Lipinski definition) is 1. The normalized spacial score (nSPS) is 16.5. The first-order valence-electron chi connectivity index (χ1n) is 10.7. The Labute approximate surface area is 191 Å². The summed E-state index contributed by atoms with van der Waals surface area (Å²) >= 11 is 1.55. The number of carbonyl (C=O) groups excluding carboxylic acids is 2. The first-order chi connectivity index (χ1) is 15.5. The lowest BCUT2D eigenvalue weighted by molar-refractivity contribution is -0.134. The second-order valence-corrected chi connectivity index (χ2v) is 8.87. The molecule has 9 heteroatoms. The maximum absolute atomic E-state index is 12.9. The number of amides is 2. The molecule has 1 aromatic carbocycles. The molecule has 3 aromatic rings. The van der Waals surface area contributed by atoms with E-state index in [2.05, 4.69) is 20.4 Å². The third-order valence-electron chi connectivity index (χ3n) is 5.69. The molecule has 1 fully saturated rings. The zero-order valence-electron chi connectivity index (χ0n) is 18.2. The van der Waals surface area contributed by atoms with E-state index in [4.69, 9.17) is 4.52 Å². The van der Waals surface area contributed by atoms with Crippen LogP contribution in [0.3, 0.4) is 0 Å². The molecule has 2 amide bonds. The van der Waals surface area contributed by atoms with Crippen LogP contribution in [-0.2, 0) is 9.59 Å². The van der Waals surface area contributed by atoms with Gasteiger partial charge in [-0.2, -0.15) is 4.98 Å². The first-order valence-corrected chi connectivity index (χ1v) is 11.6. The molecule has 0 spiro atoms. The van der Waals surface area contributed by atoms with Gasteiger partial charge in [0.1, 0.15) is 0 Å². The quantitative estimate of drug-likeness (QED) is 0.590. The number of nitrogens with one attached hydrogen (secondary N) is 1. The van der Waals surface area contributed by atoms with Gasteiger partial charge in [0.15, 0.2) is 0 Å². The standard InChI is InChI=1S/C23H27N5O3S/c1-16(23-25-22(26-31-23)18-7-4-3-5-8-18)27-10-12-28(13-11-27)21(30)15-19(24-17(2)29)20-9-6-14-32-20/h3-9,14,16,19H,10-13,15H2,1-2H3,(H,24,29)/t16-,19-/m0/s1. The minimum absolute atomic E-state index is 0.0320. The lowest BCUT2D eigenvalue weighted by Crippen LogP contribution is -2.49. The molecule has 1 saturated heterocycles. The Hall–Kier alpha value is -3.04. The van der Waals surface area contributed by atoms with Gasteiger partial charge in [-0.1, -0.05) is 41.6 Å². The summed E-state index contributed by atoms with van der Waals surface area (Å²) in [5.41, 5.74) is 0.921. The van der Waals surface area contributed by atoms with Crippen molar-refractivity contribution in [3.63, 3.8) is 0 Å². The Morgan fingerprint density at radius 1 is 1.12 bits per heavy atom. The van der Waals surface area contributed by atoms with Crippen molar-refractivity contribution in [3.05, 3.63) is 58.6 Å². The van der Waals surface area contributed by atoms with Crippen LogP contribution in [-0.4, -0.2) is 57.9 Å². The molecule has 2 aromatic heterocycles. The number of rotatable bonds is 7. The largest absolute Gasteiger partial charge is 0.348 e. The summed E-state index contributed by atoms with van der Waals surface area (Å²) in [6.07, 6.45) is 0.264. The highest BCUT2D eigenvalue weighted by Gasteiger charge is 2.29. The molecule has 0 aliphatic carbocycles. The SMILES string of the molecule is CC(=O)N[C@@H](CC(=O)N1CCN([C@@H](C)c2nc(-c3ccccc3)no2)CC1)c1cccs1. The summed E-state index contributed by atoms with van der Waals surface area (Å²) in [7, 11) is 0. The van der Waals surface area contributed by atoms with Gasteiger partial charge in [-0.25, -0.2) is 0 Å². The zero-order valence-corrected chi connectivity index (χ0v) is 19.0. The van der Waals surface area contributed by atoms with Crippen molar-refractivity contribution in [3.8, 4) is 11.4 Å². The Morgan fingerprint density at radius 3 is 2.53 bits per heavy atom. The van der Waals surface area contributed by atoms with E-state index >= 15 is 0 Å². The molecule has 0 unspecified atom stereocenters. The maximum Gasteiger partial charge on any atom is 0.244 e. The van der Waals surface area contributed by atoms with Crippen molar-refractivity contribution in [2.24, 2.45) is 0 Å². The Bertz CT molecular complexity index is 1030.